The van der Waals surface area contributed by atoms with E-state index >= 15 is 0 Å². The van der Waals surface area contributed by atoms with Gasteiger partial charge in [-0.3, -0.25) is 4.55 Å². The summed E-state index contributed by atoms with van der Waals surface area (Å²) in [4.78, 5) is 0. The van der Waals surface area contributed by atoms with Gasteiger partial charge in [0.15, 0.2) is 6.67 Å². The van der Waals surface area contributed by atoms with Crippen molar-refractivity contribution in [3.63, 3.8) is 0 Å². The SMILES string of the molecule is CNC.O=S(=O)(O)C(F)(F)C(F)(F)C(F)(F)CF. The molecule has 0 atom stereocenters. The maximum Gasteiger partial charge on any atom is 0.438 e. The Morgan fingerprint density at radius 2 is 1.33 bits per heavy atom. The quantitative estimate of drug-likeness (QED) is 0.611. The Kier molecular flexibility index (Phi) is 6.59. The first-order valence-corrected chi connectivity index (χ1v) is 5.41. The standard InChI is InChI=1S/C4H3F7O3S.C2H7N/c5-1-2(6,7)3(8,9)4(10,11)15(12,13)14;1-3-2/h1H2,(H,12,13,14);3H,1-2H3. The minimum atomic E-state index is -6.78. The van der Waals surface area contributed by atoms with Crippen molar-refractivity contribution in [1.29, 1.82) is 0 Å². The molecule has 0 fully saturated rings. The number of hydrogen-bond donors (Lipinski definition) is 2. The fraction of sp³-hybridized carbons (Fsp3) is 1.00. The van der Waals surface area contributed by atoms with E-state index in [9.17, 15) is 39.2 Å². The molecule has 0 heterocycles. The van der Waals surface area contributed by atoms with Crippen molar-refractivity contribution in [2.75, 3.05) is 20.8 Å². The van der Waals surface area contributed by atoms with Gasteiger partial charge in [-0.1, -0.05) is 0 Å². The Labute approximate surface area is 97.9 Å². The van der Waals surface area contributed by atoms with Crippen LogP contribution < -0.4 is 5.32 Å². The lowest BCUT2D eigenvalue weighted by Crippen LogP contribution is -2.58. The van der Waals surface area contributed by atoms with Crippen LogP contribution in [0, 0.1) is 0 Å². The summed E-state index contributed by atoms with van der Waals surface area (Å²) in [6.07, 6.45) is 0. The Balaban J connectivity index is 0. The van der Waals surface area contributed by atoms with E-state index in [1.54, 1.807) is 0 Å². The second kappa shape index (κ2) is 6.02. The third kappa shape index (κ3) is 3.68. The van der Waals surface area contributed by atoms with Crippen molar-refractivity contribution >= 4 is 10.1 Å². The van der Waals surface area contributed by atoms with Gasteiger partial charge < -0.3 is 5.32 Å². The molecular formula is C6H10F7NO3S. The summed E-state index contributed by atoms with van der Waals surface area (Å²) in [5, 5.41) is -3.73. The van der Waals surface area contributed by atoms with Crippen LogP contribution in [0.5, 0.6) is 0 Å². The van der Waals surface area contributed by atoms with E-state index in [1.165, 1.54) is 0 Å². The van der Waals surface area contributed by atoms with Gasteiger partial charge in [-0.2, -0.15) is 34.8 Å². The molecule has 0 aliphatic heterocycles. The van der Waals surface area contributed by atoms with Gasteiger partial charge in [-0.05, 0) is 14.1 Å². The molecule has 0 aliphatic carbocycles. The zero-order chi connectivity index (χ0) is 15.4. The highest BCUT2D eigenvalue weighted by Gasteiger charge is 2.77. The predicted octanol–water partition coefficient (Wildman–Crippen LogP) is 1.54. The lowest BCUT2D eigenvalue weighted by atomic mass is 10.2. The molecule has 12 heteroatoms. The minimum Gasteiger partial charge on any atom is -0.323 e. The molecule has 0 rings (SSSR count). The van der Waals surface area contributed by atoms with E-state index in [0.29, 0.717) is 0 Å². The second-order valence-electron chi connectivity index (χ2n) is 2.90. The van der Waals surface area contributed by atoms with Gasteiger partial charge in [0.1, 0.15) is 0 Å². The van der Waals surface area contributed by atoms with Crippen molar-refractivity contribution in [3.05, 3.63) is 0 Å². The molecule has 2 N–H and O–H groups in total. The Hall–Kier alpha value is -0.620. The van der Waals surface area contributed by atoms with Crippen molar-refractivity contribution in [2.24, 2.45) is 0 Å². The summed E-state index contributed by atoms with van der Waals surface area (Å²) < 4.78 is 111. The van der Waals surface area contributed by atoms with E-state index in [2.05, 4.69) is 5.32 Å². The average Bonchev–Trinajstić information content (AvgIpc) is 2.16. The summed E-state index contributed by atoms with van der Waals surface area (Å²) in [6.45, 7) is -3.20. The van der Waals surface area contributed by atoms with Crippen molar-refractivity contribution in [2.45, 2.75) is 17.1 Å². The summed E-state index contributed by atoms with van der Waals surface area (Å²) >= 11 is 0. The van der Waals surface area contributed by atoms with Crippen LogP contribution in [0.2, 0.25) is 0 Å². The molecule has 0 radical (unpaired) electrons. The van der Waals surface area contributed by atoms with Crippen LogP contribution in [0.4, 0.5) is 30.7 Å². The zero-order valence-electron chi connectivity index (χ0n) is 9.02. The van der Waals surface area contributed by atoms with Crippen LogP contribution >= 0.6 is 0 Å². The first kappa shape index (κ1) is 19.7. The van der Waals surface area contributed by atoms with Gasteiger partial charge in [-0.15, -0.1) is 0 Å². The first-order valence-electron chi connectivity index (χ1n) is 3.97. The van der Waals surface area contributed by atoms with Crippen LogP contribution in [0.15, 0.2) is 0 Å². The third-order valence-electron chi connectivity index (χ3n) is 1.32. The molecule has 0 bridgehead atoms. The molecule has 0 spiro atoms. The molecule has 0 amide bonds. The van der Waals surface area contributed by atoms with Crippen molar-refractivity contribution in [1.82, 2.24) is 5.32 Å². The largest absolute Gasteiger partial charge is 0.438 e. The van der Waals surface area contributed by atoms with E-state index in [-0.39, 0.29) is 0 Å². The number of alkyl halides is 7. The van der Waals surface area contributed by atoms with Gasteiger partial charge in [0.2, 0.25) is 0 Å². The molecule has 0 saturated heterocycles. The Morgan fingerprint density at radius 1 is 1.06 bits per heavy atom. The van der Waals surface area contributed by atoms with Crippen LogP contribution in [0.1, 0.15) is 0 Å². The van der Waals surface area contributed by atoms with Gasteiger partial charge >= 0.3 is 27.2 Å². The van der Waals surface area contributed by atoms with Crippen LogP contribution in [-0.4, -0.2) is 50.8 Å². The van der Waals surface area contributed by atoms with E-state index in [4.69, 9.17) is 4.55 Å². The Bertz CT molecular complexity index is 356. The fourth-order valence-electron chi connectivity index (χ4n) is 0.459. The van der Waals surface area contributed by atoms with Gasteiger partial charge in [0, 0.05) is 0 Å². The third-order valence-corrected chi connectivity index (χ3v) is 2.22. The monoisotopic (exact) mass is 309 g/mol. The molecule has 4 nitrogen and oxygen atoms in total. The molecule has 0 aromatic rings. The summed E-state index contributed by atoms with van der Waals surface area (Å²) in [5.41, 5.74) is 0. The maximum atomic E-state index is 12.2. The highest BCUT2D eigenvalue weighted by Crippen LogP contribution is 2.48. The maximum absolute atomic E-state index is 12.2. The van der Waals surface area contributed by atoms with E-state index < -0.39 is 33.9 Å². The number of nitrogens with one attached hydrogen (secondary N) is 1. The minimum absolute atomic E-state index is 1.88. The normalized spacial score (nSPS) is 13.9. The highest BCUT2D eigenvalue weighted by atomic mass is 32.2. The van der Waals surface area contributed by atoms with Crippen LogP contribution in [0.3, 0.4) is 0 Å². The highest BCUT2D eigenvalue weighted by molar-refractivity contribution is 7.87. The van der Waals surface area contributed by atoms with Crippen LogP contribution in [0.25, 0.3) is 0 Å². The lowest BCUT2D eigenvalue weighted by Gasteiger charge is -2.28. The van der Waals surface area contributed by atoms with Gasteiger partial charge in [-0.25, -0.2) is 4.39 Å². The molecule has 18 heavy (non-hydrogen) atoms. The molecule has 0 aliphatic rings. The number of rotatable bonds is 4. The molecule has 0 saturated carbocycles. The molecule has 0 aromatic carbocycles. The smallest absolute Gasteiger partial charge is 0.323 e. The average molecular weight is 309 g/mol. The summed E-state index contributed by atoms with van der Waals surface area (Å²) in [6, 6.07) is 0. The lowest BCUT2D eigenvalue weighted by molar-refractivity contribution is -0.284. The molecule has 112 valence electrons. The van der Waals surface area contributed by atoms with Crippen LogP contribution in [-0.2, 0) is 10.1 Å². The van der Waals surface area contributed by atoms with Crippen molar-refractivity contribution in [3.8, 4) is 0 Å². The number of hydrogen-bond acceptors (Lipinski definition) is 3. The number of halogens is 7. The summed E-state index contributed by atoms with van der Waals surface area (Å²) in [5.74, 6) is -12.5. The Morgan fingerprint density at radius 3 is 1.50 bits per heavy atom. The van der Waals surface area contributed by atoms with E-state index in [1.807, 2.05) is 14.1 Å². The predicted molar refractivity (Wildman–Crippen MR) is 47.3 cm³/mol. The fourth-order valence-corrected chi connectivity index (χ4v) is 0.932. The first-order chi connectivity index (χ1) is 7.72. The van der Waals surface area contributed by atoms with Gasteiger partial charge in [0.05, 0.1) is 0 Å². The summed E-state index contributed by atoms with van der Waals surface area (Å²) in [7, 11) is -3.03. The molecule has 0 aromatic heterocycles. The topological polar surface area (TPSA) is 66.4 Å². The zero-order valence-corrected chi connectivity index (χ0v) is 9.84. The van der Waals surface area contributed by atoms with E-state index in [0.717, 1.165) is 0 Å². The molecular weight excluding hydrogens is 299 g/mol. The van der Waals surface area contributed by atoms with Gasteiger partial charge in [0.25, 0.3) is 0 Å². The molecule has 0 unspecified atom stereocenters. The van der Waals surface area contributed by atoms with Crippen molar-refractivity contribution < 1.29 is 43.7 Å². The second-order valence-corrected chi connectivity index (χ2v) is 4.37.